The van der Waals surface area contributed by atoms with Crippen molar-refractivity contribution >= 4 is 32.4 Å². The number of halogens is 1. The lowest BCUT2D eigenvalue weighted by Crippen LogP contribution is -2.34. The highest BCUT2D eigenvalue weighted by Gasteiger charge is 2.28. The third-order valence-corrected chi connectivity index (χ3v) is 3.94. The number of hydrogen-bond donors (Lipinski definition) is 0. The molecular formula is C8H12BrN3S. The molecule has 0 aromatic carbocycles. The van der Waals surface area contributed by atoms with Gasteiger partial charge in [0, 0.05) is 18.4 Å². The topological polar surface area (TPSA) is 29.0 Å². The molecular weight excluding hydrogens is 250 g/mol. The SMILES string of the molecule is CN(CC1CC(Br)C1)c1nncs1. The molecule has 0 bridgehead atoms. The molecule has 1 aromatic rings. The van der Waals surface area contributed by atoms with E-state index in [9.17, 15) is 0 Å². The van der Waals surface area contributed by atoms with Crippen LogP contribution in [0.5, 0.6) is 0 Å². The van der Waals surface area contributed by atoms with E-state index in [1.807, 2.05) is 0 Å². The molecule has 5 heteroatoms. The van der Waals surface area contributed by atoms with E-state index in [0.717, 1.165) is 22.4 Å². The summed E-state index contributed by atoms with van der Waals surface area (Å²) in [6, 6.07) is 0. The number of aromatic nitrogens is 2. The zero-order chi connectivity index (χ0) is 9.26. The van der Waals surface area contributed by atoms with Crippen LogP contribution in [0.3, 0.4) is 0 Å². The van der Waals surface area contributed by atoms with Crippen LogP contribution in [0.1, 0.15) is 12.8 Å². The predicted octanol–water partition coefficient (Wildman–Crippen LogP) is 2.15. The van der Waals surface area contributed by atoms with Gasteiger partial charge in [0.1, 0.15) is 5.51 Å². The van der Waals surface area contributed by atoms with E-state index >= 15 is 0 Å². The minimum atomic E-state index is 0.750. The molecule has 2 rings (SSSR count). The van der Waals surface area contributed by atoms with Gasteiger partial charge in [0.15, 0.2) is 0 Å². The zero-order valence-corrected chi connectivity index (χ0v) is 9.88. The minimum absolute atomic E-state index is 0.750. The molecule has 1 aliphatic rings. The van der Waals surface area contributed by atoms with Crippen molar-refractivity contribution < 1.29 is 0 Å². The number of anilines is 1. The Morgan fingerprint density at radius 3 is 3.00 bits per heavy atom. The molecule has 0 saturated heterocycles. The van der Waals surface area contributed by atoms with E-state index in [4.69, 9.17) is 0 Å². The Hall–Kier alpha value is -0.160. The van der Waals surface area contributed by atoms with Crippen LogP contribution in [0.25, 0.3) is 0 Å². The van der Waals surface area contributed by atoms with Crippen molar-refractivity contribution in [2.24, 2.45) is 5.92 Å². The molecule has 72 valence electrons. The maximum absolute atomic E-state index is 4.03. The molecule has 1 aliphatic carbocycles. The summed E-state index contributed by atoms with van der Waals surface area (Å²) >= 11 is 5.20. The second-order valence-corrected chi connectivity index (χ2v) is 5.64. The van der Waals surface area contributed by atoms with Gasteiger partial charge in [-0.15, -0.1) is 10.2 Å². The molecule has 0 N–H and O–H groups in total. The van der Waals surface area contributed by atoms with E-state index in [1.165, 1.54) is 12.8 Å². The molecule has 3 nitrogen and oxygen atoms in total. The van der Waals surface area contributed by atoms with E-state index in [0.29, 0.717) is 0 Å². The van der Waals surface area contributed by atoms with Crippen LogP contribution in [-0.4, -0.2) is 28.6 Å². The van der Waals surface area contributed by atoms with Crippen molar-refractivity contribution in [1.82, 2.24) is 10.2 Å². The molecule has 0 spiro atoms. The molecule has 0 radical (unpaired) electrons. The summed E-state index contributed by atoms with van der Waals surface area (Å²) < 4.78 is 0. The quantitative estimate of drug-likeness (QED) is 0.781. The molecule has 1 heterocycles. The number of nitrogens with zero attached hydrogens (tertiary/aromatic N) is 3. The van der Waals surface area contributed by atoms with Crippen LogP contribution in [-0.2, 0) is 0 Å². The monoisotopic (exact) mass is 261 g/mol. The van der Waals surface area contributed by atoms with Crippen LogP contribution in [0.4, 0.5) is 5.13 Å². The van der Waals surface area contributed by atoms with Gasteiger partial charge in [-0.05, 0) is 18.8 Å². The average molecular weight is 262 g/mol. The van der Waals surface area contributed by atoms with Crippen LogP contribution in [0, 0.1) is 5.92 Å². The van der Waals surface area contributed by atoms with E-state index in [-0.39, 0.29) is 0 Å². The lowest BCUT2D eigenvalue weighted by Gasteiger charge is -2.34. The summed E-state index contributed by atoms with van der Waals surface area (Å²) in [4.78, 5) is 2.95. The fraction of sp³-hybridized carbons (Fsp3) is 0.750. The van der Waals surface area contributed by atoms with Gasteiger partial charge in [0.05, 0.1) is 0 Å². The van der Waals surface area contributed by atoms with Gasteiger partial charge in [-0.25, -0.2) is 0 Å². The average Bonchev–Trinajstić information content (AvgIpc) is 2.53. The standard InChI is InChI=1S/C8H12BrN3S/c1-12(8-11-10-5-13-8)4-6-2-7(9)3-6/h5-7H,2-4H2,1H3. The molecule has 0 amide bonds. The smallest absolute Gasteiger partial charge is 0.207 e. The third kappa shape index (κ3) is 2.20. The predicted molar refractivity (Wildman–Crippen MR) is 58.6 cm³/mol. The highest BCUT2D eigenvalue weighted by Crippen LogP contribution is 2.34. The lowest BCUT2D eigenvalue weighted by atomic mass is 9.85. The Bertz CT molecular complexity index is 258. The first-order valence-electron chi connectivity index (χ1n) is 4.37. The van der Waals surface area contributed by atoms with Gasteiger partial charge in [-0.2, -0.15) is 0 Å². The van der Waals surface area contributed by atoms with Crippen molar-refractivity contribution in [3.63, 3.8) is 0 Å². The van der Waals surface area contributed by atoms with Gasteiger partial charge >= 0.3 is 0 Å². The lowest BCUT2D eigenvalue weighted by molar-refractivity contribution is 0.339. The Morgan fingerprint density at radius 2 is 2.46 bits per heavy atom. The molecule has 1 aromatic heterocycles. The zero-order valence-electron chi connectivity index (χ0n) is 7.48. The Balaban J connectivity index is 1.82. The third-order valence-electron chi connectivity index (χ3n) is 2.39. The molecule has 0 atom stereocenters. The Kier molecular flexibility index (Phi) is 2.83. The van der Waals surface area contributed by atoms with Gasteiger partial charge in [0.2, 0.25) is 5.13 Å². The van der Waals surface area contributed by atoms with Crippen LogP contribution < -0.4 is 4.90 Å². The van der Waals surface area contributed by atoms with Crippen LogP contribution in [0.15, 0.2) is 5.51 Å². The molecule has 0 aliphatic heterocycles. The Labute approximate surface area is 90.3 Å². The second-order valence-electron chi connectivity index (χ2n) is 3.54. The summed E-state index contributed by atoms with van der Waals surface area (Å²) in [6.07, 6.45) is 2.59. The van der Waals surface area contributed by atoms with Crippen molar-refractivity contribution in [2.45, 2.75) is 17.7 Å². The maximum atomic E-state index is 4.03. The second kappa shape index (κ2) is 3.92. The number of hydrogen-bond acceptors (Lipinski definition) is 4. The van der Waals surface area contributed by atoms with Crippen LogP contribution in [0.2, 0.25) is 0 Å². The summed E-state index contributed by atoms with van der Waals surface area (Å²) in [6.45, 7) is 1.11. The summed E-state index contributed by atoms with van der Waals surface area (Å²) in [7, 11) is 2.09. The normalized spacial score (nSPS) is 26.9. The summed E-state index contributed by atoms with van der Waals surface area (Å²) in [5.41, 5.74) is 1.78. The molecule has 0 unspecified atom stereocenters. The minimum Gasteiger partial charge on any atom is -0.349 e. The molecule has 13 heavy (non-hydrogen) atoms. The summed E-state index contributed by atoms with van der Waals surface area (Å²) in [5, 5.41) is 8.88. The van der Waals surface area contributed by atoms with E-state index in [2.05, 4.69) is 38.1 Å². The first-order valence-corrected chi connectivity index (χ1v) is 6.16. The van der Waals surface area contributed by atoms with Crippen molar-refractivity contribution in [3.8, 4) is 0 Å². The number of alkyl halides is 1. The van der Waals surface area contributed by atoms with Gasteiger partial charge in [0.25, 0.3) is 0 Å². The van der Waals surface area contributed by atoms with E-state index < -0.39 is 0 Å². The highest BCUT2D eigenvalue weighted by molar-refractivity contribution is 9.09. The Morgan fingerprint density at radius 1 is 1.69 bits per heavy atom. The van der Waals surface area contributed by atoms with Gasteiger partial charge < -0.3 is 4.90 Å². The van der Waals surface area contributed by atoms with Gasteiger partial charge in [-0.1, -0.05) is 27.3 Å². The first kappa shape index (κ1) is 9.40. The summed E-state index contributed by atoms with van der Waals surface area (Å²) in [5.74, 6) is 0.832. The van der Waals surface area contributed by atoms with E-state index in [1.54, 1.807) is 16.8 Å². The fourth-order valence-electron chi connectivity index (χ4n) is 1.60. The maximum Gasteiger partial charge on any atom is 0.207 e. The van der Waals surface area contributed by atoms with Crippen molar-refractivity contribution in [1.29, 1.82) is 0 Å². The van der Waals surface area contributed by atoms with Crippen LogP contribution >= 0.6 is 27.3 Å². The molecule has 1 saturated carbocycles. The largest absolute Gasteiger partial charge is 0.349 e. The number of rotatable bonds is 3. The van der Waals surface area contributed by atoms with Gasteiger partial charge in [-0.3, -0.25) is 0 Å². The fourth-order valence-corrected chi connectivity index (χ4v) is 3.20. The van der Waals surface area contributed by atoms with Crippen molar-refractivity contribution in [2.75, 3.05) is 18.5 Å². The van der Waals surface area contributed by atoms with Crippen molar-refractivity contribution in [3.05, 3.63) is 5.51 Å². The first-order chi connectivity index (χ1) is 6.25. The molecule has 1 fully saturated rings. The highest BCUT2D eigenvalue weighted by atomic mass is 79.9.